The van der Waals surface area contributed by atoms with Crippen LogP contribution in [0, 0.1) is 5.41 Å². The highest BCUT2D eigenvalue weighted by Gasteiger charge is 2.12. The summed E-state index contributed by atoms with van der Waals surface area (Å²) in [5.41, 5.74) is 4.67. The average molecular weight is 440 g/mol. The predicted molar refractivity (Wildman–Crippen MR) is 132 cm³/mol. The lowest BCUT2D eigenvalue weighted by Gasteiger charge is -2.13. The maximum absolute atomic E-state index is 8.55. The van der Waals surface area contributed by atoms with Crippen molar-refractivity contribution in [2.45, 2.75) is 19.8 Å². The highest BCUT2D eigenvalue weighted by molar-refractivity contribution is 6.26. The first-order valence-corrected chi connectivity index (χ1v) is 10.5. The fourth-order valence-corrected chi connectivity index (χ4v) is 3.21. The SMILES string of the molecule is CN/C=C(\C(=N)Nc1cccnc1)c1cnc2ccc(Nc3cc(C(C)C)cnn3)nc2c1. The van der Waals surface area contributed by atoms with Crippen molar-refractivity contribution in [2.75, 3.05) is 17.7 Å². The van der Waals surface area contributed by atoms with Crippen LogP contribution in [0.25, 0.3) is 16.6 Å². The quantitative estimate of drug-likeness (QED) is 0.248. The lowest BCUT2D eigenvalue weighted by molar-refractivity contribution is 0.843. The number of nitrogens with one attached hydrogen (secondary N) is 4. The van der Waals surface area contributed by atoms with E-state index in [-0.39, 0.29) is 5.84 Å². The fraction of sp³-hybridized carbons (Fsp3) is 0.167. The van der Waals surface area contributed by atoms with Gasteiger partial charge in [-0.2, -0.15) is 5.10 Å². The number of aromatic nitrogens is 5. The van der Waals surface area contributed by atoms with Crippen molar-refractivity contribution in [3.63, 3.8) is 0 Å². The molecule has 0 radical (unpaired) electrons. The predicted octanol–water partition coefficient (Wildman–Crippen LogP) is 4.33. The summed E-state index contributed by atoms with van der Waals surface area (Å²) >= 11 is 0. The third kappa shape index (κ3) is 5.27. The molecule has 9 heteroatoms. The zero-order chi connectivity index (χ0) is 23.2. The number of rotatable bonds is 7. The number of hydrogen-bond donors (Lipinski definition) is 4. The molecule has 4 aromatic rings. The monoisotopic (exact) mass is 439 g/mol. The van der Waals surface area contributed by atoms with Gasteiger partial charge in [-0.1, -0.05) is 13.8 Å². The Morgan fingerprint density at radius 2 is 1.91 bits per heavy atom. The average Bonchev–Trinajstić information content (AvgIpc) is 2.83. The van der Waals surface area contributed by atoms with Gasteiger partial charge in [0.05, 0.1) is 29.1 Å². The van der Waals surface area contributed by atoms with Crippen LogP contribution < -0.4 is 16.0 Å². The Hall–Kier alpha value is -4.40. The third-order valence-electron chi connectivity index (χ3n) is 4.94. The molecule has 0 atom stereocenters. The van der Waals surface area contributed by atoms with Gasteiger partial charge in [-0.25, -0.2) is 4.98 Å². The molecule has 4 aromatic heterocycles. The molecule has 4 N–H and O–H groups in total. The van der Waals surface area contributed by atoms with Gasteiger partial charge in [0.15, 0.2) is 5.82 Å². The molecule has 4 rings (SSSR count). The summed E-state index contributed by atoms with van der Waals surface area (Å²) < 4.78 is 0. The molecule has 0 saturated carbocycles. The molecule has 0 aliphatic rings. The third-order valence-corrected chi connectivity index (χ3v) is 4.94. The van der Waals surface area contributed by atoms with Crippen molar-refractivity contribution in [2.24, 2.45) is 0 Å². The largest absolute Gasteiger partial charge is 0.393 e. The normalized spacial score (nSPS) is 11.5. The van der Waals surface area contributed by atoms with Crippen LogP contribution in [-0.2, 0) is 0 Å². The second kappa shape index (κ2) is 9.82. The van der Waals surface area contributed by atoms with Crippen LogP contribution in [0.1, 0.15) is 30.9 Å². The van der Waals surface area contributed by atoms with Crippen LogP contribution in [0.15, 0.2) is 67.4 Å². The van der Waals surface area contributed by atoms with E-state index < -0.39 is 0 Å². The molecule has 9 nitrogen and oxygen atoms in total. The molecular weight excluding hydrogens is 414 g/mol. The molecule has 0 spiro atoms. The van der Waals surface area contributed by atoms with Gasteiger partial charge in [-0.15, -0.1) is 5.10 Å². The molecule has 4 heterocycles. The van der Waals surface area contributed by atoms with E-state index in [9.17, 15) is 0 Å². The van der Waals surface area contributed by atoms with Crippen LogP contribution in [0.5, 0.6) is 0 Å². The molecule has 0 unspecified atom stereocenters. The van der Waals surface area contributed by atoms with E-state index >= 15 is 0 Å². The maximum atomic E-state index is 8.55. The Labute approximate surface area is 191 Å². The molecule has 0 bridgehead atoms. The first-order chi connectivity index (χ1) is 16.0. The second-order valence-corrected chi connectivity index (χ2v) is 7.70. The smallest absolute Gasteiger partial charge is 0.154 e. The topological polar surface area (TPSA) is 124 Å². The number of pyridine rings is 3. The minimum Gasteiger partial charge on any atom is -0.393 e. The van der Waals surface area contributed by atoms with Gasteiger partial charge in [0.2, 0.25) is 0 Å². The number of nitrogens with zero attached hydrogens (tertiary/aromatic N) is 5. The zero-order valence-electron chi connectivity index (χ0n) is 18.7. The molecular formula is C24H25N9. The highest BCUT2D eigenvalue weighted by atomic mass is 15.2. The fourth-order valence-electron chi connectivity index (χ4n) is 3.21. The molecule has 0 fully saturated rings. The van der Waals surface area contributed by atoms with E-state index in [4.69, 9.17) is 10.4 Å². The number of hydrogen-bond acceptors (Lipinski definition) is 8. The summed E-state index contributed by atoms with van der Waals surface area (Å²) in [6.07, 6.45) is 8.61. The molecule has 0 amide bonds. The minimum absolute atomic E-state index is 0.216. The Bertz CT molecular complexity index is 1300. The second-order valence-electron chi connectivity index (χ2n) is 7.70. The van der Waals surface area contributed by atoms with Gasteiger partial charge in [0, 0.05) is 36.8 Å². The molecule has 0 aromatic carbocycles. The summed E-state index contributed by atoms with van der Waals surface area (Å²) in [4.78, 5) is 13.3. The lowest BCUT2D eigenvalue weighted by atomic mass is 10.1. The van der Waals surface area contributed by atoms with Crippen molar-refractivity contribution < 1.29 is 0 Å². The van der Waals surface area contributed by atoms with E-state index in [1.54, 1.807) is 38.0 Å². The minimum atomic E-state index is 0.216. The maximum Gasteiger partial charge on any atom is 0.154 e. The molecule has 0 aliphatic carbocycles. The van der Waals surface area contributed by atoms with Crippen LogP contribution in [0.4, 0.5) is 17.3 Å². The molecule has 0 saturated heterocycles. The van der Waals surface area contributed by atoms with Gasteiger partial charge in [0.25, 0.3) is 0 Å². The lowest BCUT2D eigenvalue weighted by Crippen LogP contribution is -2.15. The van der Waals surface area contributed by atoms with E-state index in [2.05, 4.69) is 50.0 Å². The van der Waals surface area contributed by atoms with Gasteiger partial charge in [-0.3, -0.25) is 15.4 Å². The Morgan fingerprint density at radius 1 is 1.03 bits per heavy atom. The first-order valence-electron chi connectivity index (χ1n) is 10.5. The van der Waals surface area contributed by atoms with Crippen molar-refractivity contribution >= 4 is 39.8 Å². The van der Waals surface area contributed by atoms with Gasteiger partial charge >= 0.3 is 0 Å². The van der Waals surface area contributed by atoms with Gasteiger partial charge in [-0.05, 0) is 47.9 Å². The molecule has 0 aliphatic heterocycles. The van der Waals surface area contributed by atoms with Crippen molar-refractivity contribution in [1.82, 2.24) is 30.5 Å². The van der Waals surface area contributed by atoms with Crippen molar-refractivity contribution in [3.8, 4) is 0 Å². The first kappa shape index (κ1) is 21.8. The van der Waals surface area contributed by atoms with Crippen LogP contribution in [0.3, 0.4) is 0 Å². The van der Waals surface area contributed by atoms with Crippen LogP contribution in [0.2, 0.25) is 0 Å². The van der Waals surface area contributed by atoms with E-state index in [1.165, 1.54) is 0 Å². The molecule has 33 heavy (non-hydrogen) atoms. The number of amidine groups is 1. The Kier molecular flexibility index (Phi) is 6.49. The van der Waals surface area contributed by atoms with Crippen LogP contribution >= 0.6 is 0 Å². The van der Waals surface area contributed by atoms with Crippen molar-refractivity contribution in [1.29, 1.82) is 5.41 Å². The summed E-state index contributed by atoms with van der Waals surface area (Å²) in [5, 5.41) is 26.1. The van der Waals surface area contributed by atoms with E-state index in [0.29, 0.717) is 28.6 Å². The highest BCUT2D eigenvalue weighted by Crippen LogP contribution is 2.23. The van der Waals surface area contributed by atoms with Gasteiger partial charge < -0.3 is 16.0 Å². The Morgan fingerprint density at radius 3 is 2.67 bits per heavy atom. The standard InChI is InChI=1S/C24H25N9/c1-15(2)16-10-23(33-29-12-16)32-22-7-6-20-21(31-22)9-17(11-28-20)19(14-26-3)24(25)30-18-5-4-8-27-13-18/h4-15,26H,1-3H3,(H2,25,30)(H,31,32,33)/b19-14-. The Balaban J connectivity index is 1.62. The summed E-state index contributed by atoms with van der Waals surface area (Å²) in [6.45, 7) is 4.22. The number of fused-ring (bicyclic) bond motifs is 1. The van der Waals surface area contributed by atoms with E-state index in [0.717, 1.165) is 22.3 Å². The van der Waals surface area contributed by atoms with Crippen LogP contribution in [-0.4, -0.2) is 38.0 Å². The zero-order valence-corrected chi connectivity index (χ0v) is 18.7. The summed E-state index contributed by atoms with van der Waals surface area (Å²) in [6, 6.07) is 11.3. The number of anilines is 3. The summed E-state index contributed by atoms with van der Waals surface area (Å²) in [5.74, 6) is 1.84. The van der Waals surface area contributed by atoms with Gasteiger partial charge in [0.1, 0.15) is 11.7 Å². The van der Waals surface area contributed by atoms with E-state index in [1.807, 2.05) is 36.4 Å². The molecule has 166 valence electrons. The summed E-state index contributed by atoms with van der Waals surface area (Å²) in [7, 11) is 1.79. The van der Waals surface area contributed by atoms with Crippen molar-refractivity contribution in [3.05, 3.63) is 78.5 Å².